The molecule has 0 aliphatic carbocycles. The lowest BCUT2D eigenvalue weighted by atomic mass is 10.4. The Morgan fingerprint density at radius 2 is 2.26 bits per heavy atom. The number of nitrogens with zero attached hydrogens (tertiary/aromatic N) is 3. The molecule has 0 bridgehead atoms. The number of likely N-dealkylation sites (N-methyl/N-ethyl adjacent to an activating group) is 1. The van der Waals surface area contributed by atoms with Crippen molar-refractivity contribution in [3.8, 4) is 0 Å². The maximum absolute atomic E-state index is 10.8. The molecule has 106 valence electrons. The first-order chi connectivity index (χ1) is 9.20. The number of carboxylic acid groups (broad SMARTS) is 1. The highest BCUT2D eigenvalue weighted by molar-refractivity contribution is 5.85. The van der Waals surface area contributed by atoms with Crippen LogP contribution in [0.2, 0.25) is 0 Å². The molecule has 1 aliphatic rings. The van der Waals surface area contributed by atoms with Gasteiger partial charge in [-0.1, -0.05) is 0 Å². The molecule has 7 nitrogen and oxygen atoms in total. The van der Waals surface area contributed by atoms with Gasteiger partial charge in [0.15, 0.2) is 5.69 Å². The fraction of sp³-hybridized carbons (Fsp3) is 0.667. The summed E-state index contributed by atoms with van der Waals surface area (Å²) in [5.74, 6) is -1.07. The van der Waals surface area contributed by atoms with Crippen LogP contribution in [0.25, 0.3) is 0 Å². The van der Waals surface area contributed by atoms with Crippen molar-refractivity contribution in [3.05, 3.63) is 12.0 Å². The van der Waals surface area contributed by atoms with Gasteiger partial charge in [0.05, 0.1) is 13.2 Å². The second-order valence-corrected chi connectivity index (χ2v) is 4.35. The quantitative estimate of drug-likeness (QED) is 0.807. The van der Waals surface area contributed by atoms with Gasteiger partial charge in [0, 0.05) is 32.7 Å². The number of carboxylic acids is 1. The molecule has 2 heterocycles. The molecular weight excluding hydrogens is 250 g/mol. The van der Waals surface area contributed by atoms with Crippen LogP contribution in [0.15, 0.2) is 10.7 Å². The van der Waals surface area contributed by atoms with Crippen molar-refractivity contribution < 1.29 is 19.1 Å². The van der Waals surface area contributed by atoms with Gasteiger partial charge in [-0.3, -0.25) is 4.90 Å². The lowest BCUT2D eigenvalue weighted by Crippen LogP contribution is -2.41. The number of aromatic carboxylic acids is 1. The number of ether oxygens (including phenoxy) is 1. The average molecular weight is 269 g/mol. The van der Waals surface area contributed by atoms with Crippen molar-refractivity contribution in [2.24, 2.45) is 0 Å². The predicted molar refractivity (Wildman–Crippen MR) is 68.6 cm³/mol. The van der Waals surface area contributed by atoms with E-state index in [1.165, 1.54) is 6.26 Å². The molecule has 2 rings (SSSR count). The van der Waals surface area contributed by atoms with Crippen LogP contribution >= 0.6 is 0 Å². The summed E-state index contributed by atoms with van der Waals surface area (Å²) in [6.07, 6.45) is 1.18. The largest absolute Gasteiger partial charge is 0.476 e. The van der Waals surface area contributed by atoms with E-state index in [0.29, 0.717) is 6.01 Å². The SMILES string of the molecule is CCN(CCN1CCOCC1)c1nc(C(=O)O)co1. The summed E-state index contributed by atoms with van der Waals surface area (Å²) in [5.41, 5.74) is -0.0557. The van der Waals surface area contributed by atoms with Crippen LogP contribution < -0.4 is 4.90 Å². The molecule has 0 atom stereocenters. The maximum atomic E-state index is 10.8. The third-order valence-corrected chi connectivity index (χ3v) is 3.15. The van der Waals surface area contributed by atoms with Crippen LogP contribution in [0.5, 0.6) is 0 Å². The Kier molecular flexibility index (Phi) is 4.75. The highest BCUT2D eigenvalue weighted by atomic mass is 16.5. The van der Waals surface area contributed by atoms with Crippen molar-refractivity contribution in [2.45, 2.75) is 6.92 Å². The van der Waals surface area contributed by atoms with Gasteiger partial charge in [-0.15, -0.1) is 0 Å². The molecule has 0 amide bonds. The van der Waals surface area contributed by atoms with E-state index in [4.69, 9.17) is 14.3 Å². The molecule has 7 heteroatoms. The van der Waals surface area contributed by atoms with Gasteiger partial charge in [-0.25, -0.2) is 4.79 Å². The van der Waals surface area contributed by atoms with Crippen LogP contribution in [0.3, 0.4) is 0 Å². The molecule has 1 saturated heterocycles. The number of carbonyl (C=O) groups is 1. The Morgan fingerprint density at radius 1 is 1.53 bits per heavy atom. The van der Waals surface area contributed by atoms with Crippen molar-refractivity contribution >= 4 is 12.0 Å². The summed E-state index contributed by atoms with van der Waals surface area (Å²) in [7, 11) is 0. The van der Waals surface area contributed by atoms with E-state index < -0.39 is 5.97 Å². The van der Waals surface area contributed by atoms with E-state index in [2.05, 4.69) is 9.88 Å². The summed E-state index contributed by atoms with van der Waals surface area (Å²) in [6.45, 7) is 7.78. The van der Waals surface area contributed by atoms with E-state index in [1.54, 1.807) is 0 Å². The van der Waals surface area contributed by atoms with E-state index in [-0.39, 0.29) is 5.69 Å². The van der Waals surface area contributed by atoms with Gasteiger partial charge in [-0.05, 0) is 6.92 Å². The third-order valence-electron chi connectivity index (χ3n) is 3.15. The van der Waals surface area contributed by atoms with Crippen LogP contribution in [0, 0.1) is 0 Å². The summed E-state index contributed by atoms with van der Waals surface area (Å²) in [6, 6.07) is 0.369. The second-order valence-electron chi connectivity index (χ2n) is 4.35. The molecule has 19 heavy (non-hydrogen) atoms. The summed E-state index contributed by atoms with van der Waals surface area (Å²) in [4.78, 5) is 19.0. The van der Waals surface area contributed by atoms with Crippen molar-refractivity contribution in [1.82, 2.24) is 9.88 Å². The minimum atomic E-state index is -1.07. The van der Waals surface area contributed by atoms with E-state index in [1.807, 2.05) is 11.8 Å². The molecular formula is C12H19N3O4. The van der Waals surface area contributed by atoms with Crippen molar-refractivity contribution in [1.29, 1.82) is 0 Å². The second kappa shape index (κ2) is 6.53. The number of hydrogen-bond donors (Lipinski definition) is 1. The fourth-order valence-electron chi connectivity index (χ4n) is 1.98. The van der Waals surface area contributed by atoms with Gasteiger partial charge in [0.1, 0.15) is 6.26 Å². The highest BCUT2D eigenvalue weighted by Crippen LogP contribution is 2.13. The van der Waals surface area contributed by atoms with E-state index >= 15 is 0 Å². The van der Waals surface area contributed by atoms with Gasteiger partial charge < -0.3 is 19.2 Å². The van der Waals surface area contributed by atoms with E-state index in [0.717, 1.165) is 45.9 Å². The van der Waals surface area contributed by atoms with Gasteiger partial charge in [0.25, 0.3) is 6.01 Å². The minimum absolute atomic E-state index is 0.0557. The fourth-order valence-corrected chi connectivity index (χ4v) is 1.98. The first kappa shape index (κ1) is 13.8. The number of hydrogen-bond acceptors (Lipinski definition) is 6. The monoisotopic (exact) mass is 269 g/mol. The normalized spacial score (nSPS) is 16.5. The average Bonchev–Trinajstić information content (AvgIpc) is 2.90. The number of oxazole rings is 1. The molecule has 0 unspecified atom stereocenters. The first-order valence-corrected chi connectivity index (χ1v) is 6.44. The molecule has 1 aromatic rings. The Morgan fingerprint density at radius 3 is 2.84 bits per heavy atom. The smallest absolute Gasteiger partial charge is 0.357 e. The van der Waals surface area contributed by atoms with E-state index in [9.17, 15) is 4.79 Å². The molecule has 0 saturated carbocycles. The van der Waals surface area contributed by atoms with Gasteiger partial charge in [-0.2, -0.15) is 4.98 Å². The van der Waals surface area contributed by atoms with Crippen molar-refractivity contribution in [2.75, 3.05) is 50.8 Å². The number of rotatable bonds is 6. The molecule has 1 aliphatic heterocycles. The molecule has 0 spiro atoms. The topological polar surface area (TPSA) is 79.0 Å². The van der Waals surface area contributed by atoms with Crippen LogP contribution in [0.4, 0.5) is 6.01 Å². The van der Waals surface area contributed by atoms with Crippen molar-refractivity contribution in [3.63, 3.8) is 0 Å². The number of morpholine rings is 1. The standard InChI is InChI=1S/C12H19N3O4/c1-2-15(4-3-14-5-7-18-8-6-14)12-13-10(9-19-12)11(16)17/h9H,2-8H2,1H3,(H,16,17). The molecule has 1 fully saturated rings. The van der Waals surface area contributed by atoms with Gasteiger partial charge >= 0.3 is 5.97 Å². The lowest BCUT2D eigenvalue weighted by molar-refractivity contribution is 0.0391. The molecule has 0 radical (unpaired) electrons. The molecule has 1 aromatic heterocycles. The zero-order valence-electron chi connectivity index (χ0n) is 11.0. The minimum Gasteiger partial charge on any atom is -0.476 e. The number of anilines is 1. The van der Waals surface area contributed by atoms with Crippen LogP contribution in [-0.2, 0) is 4.74 Å². The number of aromatic nitrogens is 1. The zero-order valence-corrected chi connectivity index (χ0v) is 11.0. The highest BCUT2D eigenvalue weighted by Gasteiger charge is 2.17. The van der Waals surface area contributed by atoms with Crippen LogP contribution in [0.1, 0.15) is 17.4 Å². The maximum Gasteiger partial charge on any atom is 0.357 e. The molecule has 1 N–H and O–H groups in total. The van der Waals surface area contributed by atoms with Gasteiger partial charge in [0.2, 0.25) is 0 Å². The Bertz CT molecular complexity index is 415. The predicted octanol–water partition coefficient (Wildman–Crippen LogP) is 0.531. The Labute approximate surface area is 111 Å². The Hall–Kier alpha value is -1.60. The molecule has 0 aromatic carbocycles. The van der Waals surface area contributed by atoms with Crippen LogP contribution in [-0.4, -0.2) is 66.9 Å². The summed E-state index contributed by atoms with van der Waals surface area (Å²) < 4.78 is 10.5. The third kappa shape index (κ3) is 3.68. The Balaban J connectivity index is 1.89. The zero-order chi connectivity index (χ0) is 13.7. The first-order valence-electron chi connectivity index (χ1n) is 6.44. The summed E-state index contributed by atoms with van der Waals surface area (Å²) in [5, 5.41) is 8.82. The lowest BCUT2D eigenvalue weighted by Gasteiger charge is -2.29. The summed E-state index contributed by atoms with van der Waals surface area (Å²) >= 11 is 0.